The Morgan fingerprint density at radius 3 is 2.67 bits per heavy atom. The predicted molar refractivity (Wildman–Crippen MR) is 78.0 cm³/mol. The van der Waals surface area contributed by atoms with Gasteiger partial charge in [0.1, 0.15) is 0 Å². The molecular weight excluding hydrogens is 222 g/mol. The zero-order valence-electron chi connectivity index (χ0n) is 11.7. The quantitative estimate of drug-likeness (QED) is 0.733. The third kappa shape index (κ3) is 3.92. The van der Waals surface area contributed by atoms with Gasteiger partial charge in [-0.15, -0.1) is 0 Å². The van der Waals surface area contributed by atoms with Gasteiger partial charge >= 0.3 is 0 Å². The molecule has 102 valence electrons. The van der Waals surface area contributed by atoms with Crippen molar-refractivity contribution in [3.63, 3.8) is 0 Å². The summed E-state index contributed by atoms with van der Waals surface area (Å²) in [6.07, 6.45) is 12.4. The topological polar surface area (TPSA) is 50.4 Å². The smallest absolute Gasteiger partial charge is 0.0277 e. The van der Waals surface area contributed by atoms with Crippen LogP contribution >= 0.6 is 0 Å². The summed E-state index contributed by atoms with van der Waals surface area (Å²) in [5.41, 5.74) is 5.94. The van der Waals surface area contributed by atoms with E-state index in [1.807, 2.05) is 13.3 Å². The van der Waals surface area contributed by atoms with E-state index >= 15 is 0 Å². The largest absolute Gasteiger partial charge is 0.328 e. The second kappa shape index (κ2) is 6.48. The second-order valence-electron chi connectivity index (χ2n) is 5.94. The van der Waals surface area contributed by atoms with Crippen LogP contribution in [0.5, 0.6) is 0 Å². The highest BCUT2D eigenvalue weighted by Crippen LogP contribution is 2.39. The van der Waals surface area contributed by atoms with Crippen LogP contribution in [0, 0.1) is 11.8 Å². The van der Waals surface area contributed by atoms with Crippen LogP contribution in [0.25, 0.3) is 0 Å². The Labute approximate surface area is 111 Å². The van der Waals surface area contributed by atoms with E-state index in [4.69, 9.17) is 5.73 Å². The average Bonchev–Trinajstić information content (AvgIpc) is 3.12. The minimum Gasteiger partial charge on any atom is -0.328 e. The monoisotopic (exact) mass is 249 g/mol. The molecule has 2 aliphatic rings. The third-order valence-electron chi connectivity index (χ3n) is 4.39. The molecule has 0 bridgehead atoms. The van der Waals surface area contributed by atoms with Crippen LogP contribution in [0.2, 0.25) is 0 Å². The van der Waals surface area contributed by atoms with Crippen molar-refractivity contribution in [1.29, 1.82) is 0 Å². The fourth-order valence-corrected chi connectivity index (χ4v) is 3.03. The first kappa shape index (κ1) is 13.8. The number of nitrogens with two attached hydrogens (primary N) is 1. The highest BCUT2D eigenvalue weighted by molar-refractivity contribution is 5.70. The van der Waals surface area contributed by atoms with Gasteiger partial charge in [0.25, 0.3) is 0 Å². The van der Waals surface area contributed by atoms with Gasteiger partial charge in [0.05, 0.1) is 0 Å². The Bertz CT molecular complexity index is 303. The summed E-state index contributed by atoms with van der Waals surface area (Å²) in [7, 11) is 1.81. The van der Waals surface area contributed by atoms with Crippen LogP contribution in [0.15, 0.2) is 17.1 Å². The molecule has 0 aromatic carbocycles. The van der Waals surface area contributed by atoms with Crippen LogP contribution in [0.3, 0.4) is 0 Å². The zero-order chi connectivity index (χ0) is 13.0. The Balaban J connectivity index is 1.68. The van der Waals surface area contributed by atoms with E-state index in [0.717, 1.165) is 12.0 Å². The Morgan fingerprint density at radius 1 is 1.28 bits per heavy atom. The molecule has 0 saturated heterocycles. The summed E-state index contributed by atoms with van der Waals surface area (Å²) in [4.78, 5) is 3.97. The molecule has 0 spiro atoms. The standard InChI is InChI=1S/C15H27N3/c1-11(4-3-9-17-2)14-10-15(14)18-13-7-5-12(16)6-8-13/h3-4,9,11-15,18H,5-8,10,16H2,1-2H3/b4-3-,17-9?. The molecular formula is C15H27N3. The second-order valence-corrected chi connectivity index (χ2v) is 5.94. The van der Waals surface area contributed by atoms with Gasteiger partial charge in [-0.05, 0) is 50.0 Å². The molecule has 0 heterocycles. The van der Waals surface area contributed by atoms with E-state index in [1.165, 1.54) is 32.1 Å². The normalized spacial score (nSPS) is 38.4. The molecule has 0 aliphatic heterocycles. The summed E-state index contributed by atoms with van der Waals surface area (Å²) < 4.78 is 0. The predicted octanol–water partition coefficient (Wildman–Crippen LogP) is 2.13. The molecule has 0 aromatic rings. The molecule has 3 unspecified atom stereocenters. The number of hydrogen-bond acceptors (Lipinski definition) is 3. The van der Waals surface area contributed by atoms with E-state index in [-0.39, 0.29) is 0 Å². The summed E-state index contributed by atoms with van der Waals surface area (Å²) in [5.74, 6) is 1.48. The van der Waals surface area contributed by atoms with Crippen LogP contribution in [-0.2, 0) is 0 Å². The SMILES string of the molecule is CN=C/C=C\C(C)C1CC1NC1CCC(N)CC1. The molecule has 2 aliphatic carbocycles. The number of rotatable bonds is 5. The van der Waals surface area contributed by atoms with Gasteiger partial charge in [0.2, 0.25) is 0 Å². The summed E-state index contributed by atoms with van der Waals surface area (Å²) in [6.45, 7) is 2.31. The van der Waals surface area contributed by atoms with Gasteiger partial charge in [-0.1, -0.05) is 13.0 Å². The number of allylic oxidation sites excluding steroid dienone is 2. The molecule has 2 rings (SSSR count). The lowest BCUT2D eigenvalue weighted by molar-refractivity contribution is 0.333. The van der Waals surface area contributed by atoms with Crippen LogP contribution in [-0.4, -0.2) is 31.4 Å². The van der Waals surface area contributed by atoms with Crippen molar-refractivity contribution in [3.05, 3.63) is 12.2 Å². The van der Waals surface area contributed by atoms with Crippen LogP contribution < -0.4 is 11.1 Å². The van der Waals surface area contributed by atoms with Gasteiger partial charge in [-0.3, -0.25) is 4.99 Å². The summed E-state index contributed by atoms with van der Waals surface area (Å²) in [5, 5.41) is 3.81. The van der Waals surface area contributed by atoms with Crippen LogP contribution in [0.1, 0.15) is 39.0 Å². The first-order valence-corrected chi connectivity index (χ1v) is 7.31. The van der Waals surface area contributed by atoms with Gasteiger partial charge in [0, 0.05) is 31.4 Å². The van der Waals surface area contributed by atoms with E-state index in [1.54, 1.807) is 0 Å². The summed E-state index contributed by atoms with van der Waals surface area (Å²) >= 11 is 0. The number of hydrogen-bond donors (Lipinski definition) is 2. The van der Waals surface area contributed by atoms with Crippen molar-refractivity contribution >= 4 is 6.21 Å². The maximum Gasteiger partial charge on any atom is 0.0277 e. The van der Waals surface area contributed by atoms with E-state index in [0.29, 0.717) is 18.0 Å². The molecule has 3 heteroatoms. The van der Waals surface area contributed by atoms with Crippen molar-refractivity contribution < 1.29 is 0 Å². The van der Waals surface area contributed by atoms with E-state index < -0.39 is 0 Å². The van der Waals surface area contributed by atoms with Gasteiger partial charge < -0.3 is 11.1 Å². The minimum atomic E-state index is 0.452. The van der Waals surface area contributed by atoms with Crippen molar-refractivity contribution in [2.45, 2.75) is 57.2 Å². The average molecular weight is 249 g/mol. The minimum absolute atomic E-state index is 0.452. The van der Waals surface area contributed by atoms with Gasteiger partial charge in [-0.2, -0.15) is 0 Å². The Morgan fingerprint density at radius 2 is 2.00 bits per heavy atom. The molecule has 3 nitrogen and oxygen atoms in total. The lowest BCUT2D eigenvalue weighted by Gasteiger charge is -2.27. The molecule has 18 heavy (non-hydrogen) atoms. The molecule has 3 N–H and O–H groups in total. The number of nitrogens with one attached hydrogen (secondary N) is 1. The highest BCUT2D eigenvalue weighted by Gasteiger charge is 2.41. The molecule has 2 saturated carbocycles. The molecule has 3 atom stereocenters. The lowest BCUT2D eigenvalue weighted by atomic mass is 9.91. The lowest BCUT2D eigenvalue weighted by Crippen LogP contribution is -2.39. The molecule has 0 aromatic heterocycles. The number of nitrogens with zero attached hydrogens (tertiary/aromatic N) is 1. The molecule has 2 fully saturated rings. The summed E-state index contributed by atoms with van der Waals surface area (Å²) in [6, 6.07) is 1.91. The maximum absolute atomic E-state index is 5.94. The molecule has 0 amide bonds. The fraction of sp³-hybridized carbons (Fsp3) is 0.800. The zero-order valence-corrected chi connectivity index (χ0v) is 11.7. The first-order valence-electron chi connectivity index (χ1n) is 7.31. The van der Waals surface area contributed by atoms with Crippen molar-refractivity contribution in [2.24, 2.45) is 22.6 Å². The first-order chi connectivity index (χ1) is 8.70. The third-order valence-corrected chi connectivity index (χ3v) is 4.39. The Hall–Kier alpha value is -0.670. The van der Waals surface area contributed by atoms with Gasteiger partial charge in [0.15, 0.2) is 0 Å². The number of aliphatic imine (C=N–C) groups is 1. The van der Waals surface area contributed by atoms with E-state index in [9.17, 15) is 0 Å². The van der Waals surface area contributed by atoms with Crippen molar-refractivity contribution in [1.82, 2.24) is 5.32 Å². The fourth-order valence-electron chi connectivity index (χ4n) is 3.03. The van der Waals surface area contributed by atoms with Crippen molar-refractivity contribution in [3.8, 4) is 0 Å². The van der Waals surface area contributed by atoms with Crippen LogP contribution in [0.4, 0.5) is 0 Å². The molecule has 0 radical (unpaired) electrons. The Kier molecular flexibility index (Phi) is 4.95. The van der Waals surface area contributed by atoms with E-state index in [2.05, 4.69) is 29.4 Å². The van der Waals surface area contributed by atoms with Crippen molar-refractivity contribution in [2.75, 3.05) is 7.05 Å². The maximum atomic E-state index is 5.94. The van der Waals surface area contributed by atoms with Gasteiger partial charge in [-0.25, -0.2) is 0 Å². The highest BCUT2D eigenvalue weighted by atomic mass is 15.0.